The van der Waals surface area contributed by atoms with E-state index in [0.717, 1.165) is 80.7 Å². The Kier molecular flexibility index (Phi) is 12.1. The molecule has 0 spiro atoms. The van der Waals surface area contributed by atoms with E-state index in [4.69, 9.17) is 28.4 Å². The minimum absolute atomic E-state index is 0.0863. The molecule has 3 atom stereocenters. The number of fused-ring (bicyclic) bond motifs is 2. The lowest BCUT2D eigenvalue weighted by Crippen LogP contribution is -2.45. The maximum Gasteiger partial charge on any atom is 0.204 e. The van der Waals surface area contributed by atoms with E-state index in [-0.39, 0.29) is 18.7 Å². The summed E-state index contributed by atoms with van der Waals surface area (Å²) in [6.45, 7) is 4.30. The highest BCUT2D eigenvalue weighted by Crippen LogP contribution is 2.52. The molecule has 0 saturated carbocycles. The number of likely N-dealkylation sites (tertiary alicyclic amines) is 1. The highest BCUT2D eigenvalue weighted by Gasteiger charge is 2.35. The number of rotatable bonds is 9. The molecular formula is C47H60N4O7. The van der Waals surface area contributed by atoms with Crippen LogP contribution in [0.4, 0.5) is 0 Å². The van der Waals surface area contributed by atoms with Gasteiger partial charge in [-0.2, -0.15) is 0 Å². The number of hydrogen-bond donors (Lipinski definition) is 1. The Morgan fingerprint density at radius 2 is 1.36 bits per heavy atom. The smallest absolute Gasteiger partial charge is 0.204 e. The summed E-state index contributed by atoms with van der Waals surface area (Å²) in [5.74, 6) is 5.03. The molecule has 1 fully saturated rings. The van der Waals surface area contributed by atoms with Gasteiger partial charge < -0.3 is 43.3 Å². The largest absolute Gasteiger partial charge is 0.493 e. The lowest BCUT2D eigenvalue weighted by atomic mass is 9.87. The third-order valence-electron chi connectivity index (χ3n) is 12.8. The van der Waals surface area contributed by atoms with Crippen LogP contribution in [0.5, 0.6) is 46.0 Å². The highest BCUT2D eigenvalue weighted by atomic mass is 16.6. The molecule has 11 nitrogen and oxygen atoms in total. The molecule has 5 aliphatic heterocycles. The van der Waals surface area contributed by atoms with Gasteiger partial charge in [0.1, 0.15) is 18.5 Å². The van der Waals surface area contributed by atoms with E-state index in [1.807, 2.05) is 18.2 Å². The fourth-order valence-electron chi connectivity index (χ4n) is 9.37. The summed E-state index contributed by atoms with van der Waals surface area (Å²) in [5, 5.41) is 11.5. The van der Waals surface area contributed by atoms with E-state index in [2.05, 4.69) is 90.3 Å². The van der Waals surface area contributed by atoms with Gasteiger partial charge in [-0.25, -0.2) is 0 Å². The lowest BCUT2D eigenvalue weighted by Gasteiger charge is -2.38. The molecule has 5 aliphatic rings. The predicted molar refractivity (Wildman–Crippen MR) is 226 cm³/mol. The number of aliphatic hydroxyl groups is 1. The van der Waals surface area contributed by atoms with E-state index < -0.39 is 6.10 Å². The van der Waals surface area contributed by atoms with Crippen LogP contribution in [-0.4, -0.2) is 126 Å². The maximum absolute atomic E-state index is 11.5. The molecule has 0 radical (unpaired) electrons. The summed E-state index contributed by atoms with van der Waals surface area (Å²) in [6, 6.07) is 21.6. The molecular weight excluding hydrogens is 733 g/mol. The molecule has 11 heteroatoms. The fraction of sp³-hybridized carbons (Fsp3) is 0.489. The summed E-state index contributed by atoms with van der Waals surface area (Å²) >= 11 is 0. The Morgan fingerprint density at radius 3 is 2.07 bits per heavy atom. The molecule has 1 saturated heterocycles. The van der Waals surface area contributed by atoms with E-state index in [9.17, 15) is 5.11 Å². The third kappa shape index (κ3) is 8.33. The molecule has 0 aliphatic carbocycles. The monoisotopic (exact) mass is 792 g/mol. The van der Waals surface area contributed by atoms with Crippen molar-refractivity contribution in [1.82, 2.24) is 19.6 Å². The number of β-amino-alcohol motifs (C(OH)–C–C–N with tert-alkyl or cyclic N) is 1. The first kappa shape index (κ1) is 40.3. The zero-order valence-electron chi connectivity index (χ0n) is 35.3. The summed E-state index contributed by atoms with van der Waals surface area (Å²) in [4.78, 5) is 9.45. The molecule has 0 amide bonds. The average molecular weight is 793 g/mol. The van der Waals surface area contributed by atoms with Crippen LogP contribution in [0.3, 0.4) is 0 Å². The van der Waals surface area contributed by atoms with Crippen molar-refractivity contribution in [3.05, 3.63) is 94.0 Å². The van der Waals surface area contributed by atoms with Gasteiger partial charge in [-0.05, 0) is 150 Å². The second kappa shape index (κ2) is 17.4. The SMILES string of the molecule is COc1ccc2cc1Oc1ccc(cc1)CC1c3cc(c(OC)cc3CCN1C)Oc1c(OCC(O)CN3CCC(N(C)C)CC3)c(OC)cc3c1C(C2)N(C)CC3. The quantitative estimate of drug-likeness (QED) is 0.192. The first-order chi connectivity index (χ1) is 28.1. The molecule has 58 heavy (non-hydrogen) atoms. The normalized spacial score (nSPS) is 20.6. The van der Waals surface area contributed by atoms with Crippen LogP contribution in [0.15, 0.2) is 60.7 Å². The second-order valence-corrected chi connectivity index (χ2v) is 16.7. The summed E-state index contributed by atoms with van der Waals surface area (Å²) in [6.07, 6.45) is 4.66. The number of nitrogens with zero attached hydrogens (tertiary/aromatic N) is 4. The van der Waals surface area contributed by atoms with Crippen LogP contribution in [0.2, 0.25) is 0 Å². The van der Waals surface area contributed by atoms with Gasteiger partial charge in [-0.15, -0.1) is 0 Å². The van der Waals surface area contributed by atoms with Gasteiger partial charge in [0.25, 0.3) is 0 Å². The Balaban J connectivity index is 1.24. The number of likely N-dealkylation sites (N-methyl/N-ethyl adjacent to an activating group) is 2. The van der Waals surface area contributed by atoms with Crippen molar-refractivity contribution in [2.75, 3.05) is 88.9 Å². The van der Waals surface area contributed by atoms with E-state index >= 15 is 0 Å². The van der Waals surface area contributed by atoms with Crippen molar-refractivity contribution in [2.24, 2.45) is 0 Å². The highest BCUT2D eigenvalue weighted by molar-refractivity contribution is 5.64. The average Bonchev–Trinajstić information content (AvgIpc) is 3.22. The summed E-state index contributed by atoms with van der Waals surface area (Å²) in [7, 11) is 13.7. The van der Waals surface area contributed by atoms with Gasteiger partial charge >= 0.3 is 0 Å². The molecule has 4 aromatic rings. The summed E-state index contributed by atoms with van der Waals surface area (Å²) < 4.78 is 38.5. The topological polar surface area (TPSA) is 88.6 Å². The number of aliphatic hydroxyl groups excluding tert-OH is 1. The third-order valence-corrected chi connectivity index (χ3v) is 12.8. The van der Waals surface area contributed by atoms with Gasteiger partial charge in [0.05, 0.1) is 21.3 Å². The van der Waals surface area contributed by atoms with Crippen LogP contribution >= 0.6 is 0 Å². The summed E-state index contributed by atoms with van der Waals surface area (Å²) in [5.41, 5.74) is 6.95. The Morgan fingerprint density at radius 1 is 0.724 bits per heavy atom. The zero-order valence-corrected chi connectivity index (χ0v) is 35.3. The number of methoxy groups -OCH3 is 3. The maximum atomic E-state index is 11.5. The molecule has 3 unspecified atom stereocenters. The van der Waals surface area contributed by atoms with Crippen molar-refractivity contribution in [1.29, 1.82) is 0 Å². The van der Waals surface area contributed by atoms with Crippen molar-refractivity contribution in [3.8, 4) is 46.0 Å². The van der Waals surface area contributed by atoms with Gasteiger partial charge in [-0.1, -0.05) is 18.2 Å². The van der Waals surface area contributed by atoms with Crippen LogP contribution in [0.25, 0.3) is 0 Å². The number of piperidine rings is 1. The molecule has 9 rings (SSSR count). The first-order valence-electron chi connectivity index (χ1n) is 20.8. The molecule has 0 aromatic heterocycles. The van der Waals surface area contributed by atoms with E-state index in [0.29, 0.717) is 59.3 Å². The standard InChI is InChI=1S/C47H60N4O7/c1-48(2)34-16-20-51(21-17-34)28-35(52)29-56-46-44(55-7)26-33-15-19-50(4)39-23-31-10-13-40(53-5)42(24-31)57-36-11-8-30(9-12-36)22-38-37-27-43(58-47(46)45(33)39)41(54-6)25-32(37)14-18-49(38)3/h8-13,24-27,34-35,38-39,52H,14-23,28-29H2,1-7H3. The van der Waals surface area contributed by atoms with Crippen LogP contribution in [0.1, 0.15) is 58.3 Å². The van der Waals surface area contributed by atoms with Gasteiger partial charge in [-0.3, -0.25) is 9.80 Å². The van der Waals surface area contributed by atoms with Crippen molar-refractivity contribution in [2.45, 2.75) is 62.8 Å². The minimum atomic E-state index is -0.706. The van der Waals surface area contributed by atoms with Crippen molar-refractivity contribution in [3.63, 3.8) is 0 Å². The number of hydrogen-bond acceptors (Lipinski definition) is 11. The van der Waals surface area contributed by atoms with Crippen LogP contribution < -0.4 is 28.4 Å². The van der Waals surface area contributed by atoms with Gasteiger partial charge in [0.15, 0.2) is 34.5 Å². The number of benzene rings is 4. The van der Waals surface area contributed by atoms with E-state index in [1.165, 1.54) is 16.7 Å². The van der Waals surface area contributed by atoms with Gasteiger partial charge in [0.2, 0.25) is 5.75 Å². The fourth-order valence-corrected chi connectivity index (χ4v) is 9.37. The second-order valence-electron chi connectivity index (χ2n) is 16.7. The predicted octanol–water partition coefficient (Wildman–Crippen LogP) is 6.92. The molecule has 6 bridgehead atoms. The van der Waals surface area contributed by atoms with Crippen molar-refractivity contribution >= 4 is 0 Å². The Labute approximate surface area is 343 Å². The van der Waals surface area contributed by atoms with Crippen LogP contribution in [-0.2, 0) is 25.7 Å². The molecule has 310 valence electrons. The van der Waals surface area contributed by atoms with Gasteiger partial charge in [0, 0.05) is 43.3 Å². The first-order valence-corrected chi connectivity index (χ1v) is 20.8. The Hall–Kier alpha value is -4.52. The zero-order chi connectivity index (χ0) is 40.5. The minimum Gasteiger partial charge on any atom is -0.493 e. The molecule has 4 aromatic carbocycles. The molecule has 5 heterocycles. The van der Waals surface area contributed by atoms with E-state index in [1.54, 1.807) is 21.3 Å². The number of ether oxygens (including phenoxy) is 6. The Bertz CT molecular complexity index is 2070. The lowest BCUT2D eigenvalue weighted by molar-refractivity contribution is 0.0491. The van der Waals surface area contributed by atoms with Crippen LogP contribution in [0, 0.1) is 0 Å². The molecule has 1 N–H and O–H groups in total. The van der Waals surface area contributed by atoms with Crippen molar-refractivity contribution < 1.29 is 33.5 Å².